The van der Waals surface area contributed by atoms with Crippen LogP contribution >= 0.6 is 0 Å². The third-order valence-electron chi connectivity index (χ3n) is 4.14. The maximum Gasteiger partial charge on any atom is 0.161 e. The van der Waals surface area contributed by atoms with Gasteiger partial charge in [0.1, 0.15) is 12.4 Å². The van der Waals surface area contributed by atoms with Crippen LogP contribution in [0.5, 0.6) is 17.2 Å². The molecule has 0 saturated heterocycles. The van der Waals surface area contributed by atoms with Crippen molar-refractivity contribution in [1.82, 2.24) is 5.43 Å². The summed E-state index contributed by atoms with van der Waals surface area (Å²) in [6.07, 6.45) is 1.77. The SMILES string of the molecule is COc1ccc(CN/N=C/c2cccc(OCc3ccccc3)c2)cc1OC. The molecule has 0 spiro atoms. The Bertz CT molecular complexity index is 911. The Balaban J connectivity index is 1.53. The summed E-state index contributed by atoms with van der Waals surface area (Å²) in [6.45, 7) is 1.13. The van der Waals surface area contributed by atoms with Crippen molar-refractivity contribution in [2.45, 2.75) is 13.2 Å². The highest BCUT2D eigenvalue weighted by molar-refractivity contribution is 5.79. The van der Waals surface area contributed by atoms with Crippen molar-refractivity contribution in [3.05, 3.63) is 89.5 Å². The van der Waals surface area contributed by atoms with Gasteiger partial charge in [-0.2, -0.15) is 5.10 Å². The summed E-state index contributed by atoms with van der Waals surface area (Å²) in [4.78, 5) is 0. The molecule has 28 heavy (non-hydrogen) atoms. The maximum atomic E-state index is 5.85. The summed E-state index contributed by atoms with van der Waals surface area (Å²) >= 11 is 0. The van der Waals surface area contributed by atoms with Crippen LogP contribution in [0.25, 0.3) is 0 Å². The van der Waals surface area contributed by atoms with E-state index >= 15 is 0 Å². The van der Waals surface area contributed by atoms with E-state index in [1.807, 2.05) is 72.8 Å². The molecule has 3 rings (SSSR count). The number of nitrogens with one attached hydrogen (secondary N) is 1. The zero-order valence-corrected chi connectivity index (χ0v) is 16.1. The van der Waals surface area contributed by atoms with E-state index < -0.39 is 0 Å². The van der Waals surface area contributed by atoms with Crippen LogP contribution in [0, 0.1) is 0 Å². The summed E-state index contributed by atoms with van der Waals surface area (Å²) < 4.78 is 16.4. The Morgan fingerprint density at radius 2 is 1.64 bits per heavy atom. The molecule has 0 saturated carbocycles. The van der Waals surface area contributed by atoms with Crippen LogP contribution < -0.4 is 19.6 Å². The van der Waals surface area contributed by atoms with E-state index in [1.54, 1.807) is 20.4 Å². The van der Waals surface area contributed by atoms with Gasteiger partial charge in [0.25, 0.3) is 0 Å². The lowest BCUT2D eigenvalue weighted by atomic mass is 10.2. The van der Waals surface area contributed by atoms with Gasteiger partial charge in [0, 0.05) is 0 Å². The minimum Gasteiger partial charge on any atom is -0.493 e. The molecule has 0 aromatic heterocycles. The zero-order valence-electron chi connectivity index (χ0n) is 16.1. The molecule has 1 N–H and O–H groups in total. The highest BCUT2D eigenvalue weighted by Crippen LogP contribution is 2.27. The van der Waals surface area contributed by atoms with Crippen LogP contribution in [0.3, 0.4) is 0 Å². The number of benzene rings is 3. The second-order valence-corrected chi connectivity index (χ2v) is 6.13. The molecular weight excluding hydrogens is 352 g/mol. The summed E-state index contributed by atoms with van der Waals surface area (Å²) in [7, 11) is 3.25. The van der Waals surface area contributed by atoms with E-state index in [-0.39, 0.29) is 0 Å². The quantitative estimate of drug-likeness (QED) is 0.444. The molecule has 0 heterocycles. The third kappa shape index (κ3) is 5.51. The Hall–Kier alpha value is -3.47. The molecular formula is C23H24N2O3. The first-order chi connectivity index (χ1) is 13.8. The van der Waals surface area contributed by atoms with Crippen molar-refractivity contribution in [1.29, 1.82) is 0 Å². The largest absolute Gasteiger partial charge is 0.493 e. The minimum absolute atomic E-state index is 0.541. The van der Waals surface area contributed by atoms with Gasteiger partial charge in [-0.25, -0.2) is 0 Å². The number of rotatable bonds is 9. The Morgan fingerprint density at radius 3 is 2.43 bits per heavy atom. The van der Waals surface area contributed by atoms with Crippen molar-refractivity contribution in [2.24, 2.45) is 5.10 Å². The molecule has 0 aliphatic carbocycles. The summed E-state index contributed by atoms with van der Waals surface area (Å²) in [5.41, 5.74) is 6.20. The van der Waals surface area contributed by atoms with Gasteiger partial charge in [-0.05, 0) is 41.0 Å². The second kappa shape index (κ2) is 10.0. The number of methoxy groups -OCH3 is 2. The lowest BCUT2D eigenvalue weighted by Gasteiger charge is -2.09. The van der Waals surface area contributed by atoms with E-state index in [9.17, 15) is 0 Å². The number of hydrogen-bond acceptors (Lipinski definition) is 5. The molecule has 0 aliphatic heterocycles. The van der Waals surface area contributed by atoms with Gasteiger partial charge in [-0.3, -0.25) is 0 Å². The minimum atomic E-state index is 0.541. The first-order valence-corrected chi connectivity index (χ1v) is 9.02. The van der Waals surface area contributed by atoms with Gasteiger partial charge in [-0.15, -0.1) is 0 Å². The van der Waals surface area contributed by atoms with Crippen molar-refractivity contribution in [2.75, 3.05) is 14.2 Å². The smallest absolute Gasteiger partial charge is 0.161 e. The highest BCUT2D eigenvalue weighted by atomic mass is 16.5. The van der Waals surface area contributed by atoms with Crippen molar-refractivity contribution >= 4 is 6.21 Å². The average molecular weight is 376 g/mol. The fraction of sp³-hybridized carbons (Fsp3) is 0.174. The maximum absolute atomic E-state index is 5.85. The lowest BCUT2D eigenvalue weighted by molar-refractivity contribution is 0.306. The van der Waals surface area contributed by atoms with Gasteiger partial charge in [0.2, 0.25) is 0 Å². The zero-order chi connectivity index (χ0) is 19.6. The molecule has 0 amide bonds. The topological polar surface area (TPSA) is 52.1 Å². The predicted molar refractivity (Wildman–Crippen MR) is 111 cm³/mol. The number of hydrogen-bond donors (Lipinski definition) is 1. The Labute approximate surface area is 165 Å². The van der Waals surface area contributed by atoms with Crippen LogP contribution in [-0.2, 0) is 13.2 Å². The fourth-order valence-electron chi connectivity index (χ4n) is 2.67. The second-order valence-electron chi connectivity index (χ2n) is 6.13. The molecule has 0 radical (unpaired) electrons. The van der Waals surface area contributed by atoms with Crippen molar-refractivity contribution in [3.8, 4) is 17.2 Å². The van der Waals surface area contributed by atoms with Gasteiger partial charge >= 0.3 is 0 Å². The molecule has 3 aromatic rings. The van der Waals surface area contributed by atoms with Crippen LogP contribution in [0.1, 0.15) is 16.7 Å². The molecule has 0 fully saturated rings. The van der Waals surface area contributed by atoms with Gasteiger partial charge in [-0.1, -0.05) is 48.5 Å². The van der Waals surface area contributed by atoms with Gasteiger partial charge < -0.3 is 19.6 Å². The van der Waals surface area contributed by atoms with Crippen LogP contribution in [0.4, 0.5) is 0 Å². The first kappa shape index (κ1) is 19.3. The van der Waals surface area contributed by atoms with E-state index in [4.69, 9.17) is 14.2 Å². The summed E-state index contributed by atoms with van der Waals surface area (Å²) in [6, 6.07) is 23.7. The van der Waals surface area contributed by atoms with Crippen LogP contribution in [0.2, 0.25) is 0 Å². The van der Waals surface area contributed by atoms with Crippen molar-refractivity contribution in [3.63, 3.8) is 0 Å². The van der Waals surface area contributed by atoms with Gasteiger partial charge in [0.15, 0.2) is 11.5 Å². The van der Waals surface area contributed by atoms with Crippen LogP contribution in [0.15, 0.2) is 77.9 Å². The number of ether oxygens (including phenoxy) is 3. The monoisotopic (exact) mass is 376 g/mol. The Morgan fingerprint density at radius 1 is 0.821 bits per heavy atom. The molecule has 0 aliphatic rings. The predicted octanol–water partition coefficient (Wildman–Crippen LogP) is 4.41. The van der Waals surface area contributed by atoms with E-state index in [0.29, 0.717) is 24.7 Å². The number of hydrazone groups is 1. The normalized spacial score (nSPS) is 10.6. The molecule has 0 unspecified atom stereocenters. The molecule has 144 valence electrons. The number of nitrogens with zero attached hydrogens (tertiary/aromatic N) is 1. The molecule has 0 atom stereocenters. The third-order valence-corrected chi connectivity index (χ3v) is 4.14. The van der Waals surface area contributed by atoms with E-state index in [0.717, 1.165) is 22.4 Å². The summed E-state index contributed by atoms with van der Waals surface area (Å²) in [5, 5.41) is 4.29. The molecule has 5 heteroatoms. The first-order valence-electron chi connectivity index (χ1n) is 9.02. The van der Waals surface area contributed by atoms with E-state index in [1.165, 1.54) is 0 Å². The fourth-order valence-corrected chi connectivity index (χ4v) is 2.67. The molecule has 0 bridgehead atoms. The van der Waals surface area contributed by atoms with Crippen molar-refractivity contribution < 1.29 is 14.2 Å². The lowest BCUT2D eigenvalue weighted by Crippen LogP contribution is -2.06. The standard InChI is InChI=1S/C23H24N2O3/c1-26-22-12-11-20(14-23(22)27-2)16-25-24-15-19-9-6-10-21(13-19)28-17-18-7-4-3-5-8-18/h3-15,25H,16-17H2,1-2H3/b24-15+. The molecule has 3 aromatic carbocycles. The average Bonchev–Trinajstić information content (AvgIpc) is 2.76. The van der Waals surface area contributed by atoms with Gasteiger partial charge in [0.05, 0.1) is 27.0 Å². The van der Waals surface area contributed by atoms with Crippen LogP contribution in [-0.4, -0.2) is 20.4 Å². The Kier molecular flexibility index (Phi) is 6.90. The van der Waals surface area contributed by atoms with E-state index in [2.05, 4.69) is 10.5 Å². The highest BCUT2D eigenvalue weighted by Gasteiger charge is 2.03. The summed E-state index contributed by atoms with van der Waals surface area (Å²) in [5.74, 6) is 2.23. The molecule has 5 nitrogen and oxygen atoms in total.